The first-order chi connectivity index (χ1) is 13.9. The van der Waals surface area contributed by atoms with E-state index >= 15 is 0 Å². The fourth-order valence-corrected chi connectivity index (χ4v) is 3.42. The van der Waals surface area contributed by atoms with Gasteiger partial charge in [0.1, 0.15) is 5.69 Å². The SMILES string of the molecule is CSCCCNC(=O)c1cncn1-c1cccc(-c2ccccc2C(F)(F)F)c1. The van der Waals surface area contributed by atoms with Crippen LogP contribution in [0.2, 0.25) is 0 Å². The summed E-state index contributed by atoms with van der Waals surface area (Å²) in [6, 6.07) is 12.1. The van der Waals surface area contributed by atoms with Crippen LogP contribution in [0, 0.1) is 0 Å². The predicted octanol–water partition coefficient (Wildman–Crippen LogP) is 5.04. The molecule has 4 nitrogen and oxygen atoms in total. The van der Waals surface area contributed by atoms with Crippen molar-refractivity contribution >= 4 is 17.7 Å². The number of hydrogen-bond acceptors (Lipinski definition) is 3. The zero-order valence-corrected chi connectivity index (χ0v) is 16.6. The minimum atomic E-state index is -4.45. The minimum absolute atomic E-state index is 0.0880. The Labute approximate surface area is 171 Å². The van der Waals surface area contributed by atoms with E-state index in [4.69, 9.17) is 0 Å². The highest BCUT2D eigenvalue weighted by Gasteiger charge is 2.33. The molecule has 3 rings (SSSR count). The Kier molecular flexibility index (Phi) is 6.64. The molecule has 1 heterocycles. The molecule has 0 aliphatic rings. The van der Waals surface area contributed by atoms with E-state index in [0.717, 1.165) is 18.2 Å². The molecule has 1 aromatic heterocycles. The summed E-state index contributed by atoms with van der Waals surface area (Å²) in [5.41, 5.74) is 0.691. The number of thioether (sulfide) groups is 1. The molecule has 0 spiro atoms. The fraction of sp³-hybridized carbons (Fsp3) is 0.238. The van der Waals surface area contributed by atoms with Crippen LogP contribution in [0.5, 0.6) is 0 Å². The van der Waals surface area contributed by atoms with Crippen molar-refractivity contribution in [3.63, 3.8) is 0 Å². The second-order valence-electron chi connectivity index (χ2n) is 6.34. The number of imidazole rings is 1. The second kappa shape index (κ2) is 9.17. The van der Waals surface area contributed by atoms with E-state index in [-0.39, 0.29) is 11.5 Å². The lowest BCUT2D eigenvalue weighted by atomic mass is 9.99. The van der Waals surface area contributed by atoms with Gasteiger partial charge in [0.25, 0.3) is 5.91 Å². The molecule has 29 heavy (non-hydrogen) atoms. The molecule has 0 aliphatic carbocycles. The van der Waals surface area contributed by atoms with E-state index in [1.165, 1.54) is 24.7 Å². The summed E-state index contributed by atoms with van der Waals surface area (Å²) in [6.07, 6.45) is 1.32. The topological polar surface area (TPSA) is 46.9 Å². The van der Waals surface area contributed by atoms with E-state index in [0.29, 0.717) is 23.5 Å². The summed E-state index contributed by atoms with van der Waals surface area (Å²) in [7, 11) is 0. The molecular formula is C21H20F3N3OS. The summed E-state index contributed by atoms with van der Waals surface area (Å²) in [5.74, 6) is 0.671. The minimum Gasteiger partial charge on any atom is -0.351 e. The number of nitrogens with zero attached hydrogens (tertiary/aromatic N) is 2. The van der Waals surface area contributed by atoms with Crippen molar-refractivity contribution in [3.8, 4) is 16.8 Å². The van der Waals surface area contributed by atoms with Crippen LogP contribution in [0.3, 0.4) is 0 Å². The second-order valence-corrected chi connectivity index (χ2v) is 7.33. The molecule has 0 unspecified atom stereocenters. The third-order valence-electron chi connectivity index (χ3n) is 4.35. The predicted molar refractivity (Wildman–Crippen MR) is 109 cm³/mol. The van der Waals surface area contributed by atoms with Gasteiger partial charge >= 0.3 is 6.18 Å². The summed E-state index contributed by atoms with van der Waals surface area (Å²) >= 11 is 1.70. The average Bonchev–Trinajstić information content (AvgIpc) is 3.21. The standard InChI is InChI=1S/C21H20F3N3OS/c1-29-11-5-10-26-20(28)19-13-25-14-27(19)16-7-4-6-15(12-16)17-8-2-3-9-18(17)21(22,23)24/h2-4,6-9,12-14H,5,10-11H2,1H3,(H,26,28). The van der Waals surface area contributed by atoms with Crippen LogP contribution in [0.4, 0.5) is 13.2 Å². The van der Waals surface area contributed by atoms with Gasteiger partial charge in [-0.15, -0.1) is 0 Å². The lowest BCUT2D eigenvalue weighted by Gasteiger charge is -2.14. The Morgan fingerprint density at radius 3 is 2.72 bits per heavy atom. The number of benzene rings is 2. The van der Waals surface area contributed by atoms with Crippen molar-refractivity contribution in [2.45, 2.75) is 12.6 Å². The van der Waals surface area contributed by atoms with Gasteiger partial charge in [0, 0.05) is 12.2 Å². The normalized spacial score (nSPS) is 11.4. The van der Waals surface area contributed by atoms with Crippen molar-refractivity contribution in [1.82, 2.24) is 14.9 Å². The van der Waals surface area contributed by atoms with Crippen molar-refractivity contribution in [2.24, 2.45) is 0 Å². The molecule has 8 heteroatoms. The van der Waals surface area contributed by atoms with Crippen molar-refractivity contribution in [2.75, 3.05) is 18.6 Å². The van der Waals surface area contributed by atoms with Gasteiger partial charge in [-0.25, -0.2) is 4.98 Å². The first kappa shape index (κ1) is 21.0. The third kappa shape index (κ3) is 5.00. The molecule has 0 fully saturated rings. The van der Waals surface area contributed by atoms with Gasteiger partial charge in [-0.2, -0.15) is 24.9 Å². The molecule has 0 radical (unpaired) electrons. The Morgan fingerprint density at radius 1 is 1.17 bits per heavy atom. The van der Waals surface area contributed by atoms with Gasteiger partial charge in [0.2, 0.25) is 0 Å². The maximum atomic E-state index is 13.4. The zero-order valence-electron chi connectivity index (χ0n) is 15.7. The summed E-state index contributed by atoms with van der Waals surface area (Å²) in [5, 5.41) is 2.84. The Morgan fingerprint density at radius 2 is 1.97 bits per heavy atom. The molecule has 2 aromatic carbocycles. The highest BCUT2D eigenvalue weighted by atomic mass is 32.2. The average molecular weight is 419 g/mol. The number of nitrogens with one attached hydrogen (secondary N) is 1. The Balaban J connectivity index is 1.91. The van der Waals surface area contributed by atoms with E-state index in [9.17, 15) is 18.0 Å². The maximum absolute atomic E-state index is 13.4. The quantitative estimate of drug-likeness (QED) is 0.546. The lowest BCUT2D eigenvalue weighted by molar-refractivity contribution is -0.137. The summed E-state index contributed by atoms with van der Waals surface area (Å²) < 4.78 is 41.7. The molecule has 3 aromatic rings. The van der Waals surface area contributed by atoms with Gasteiger partial charge < -0.3 is 5.32 Å². The number of rotatable bonds is 7. The number of halogens is 3. The number of carbonyl (C=O) groups excluding carboxylic acids is 1. The van der Waals surface area contributed by atoms with Crippen LogP contribution in [0.1, 0.15) is 22.5 Å². The highest BCUT2D eigenvalue weighted by Crippen LogP contribution is 2.37. The first-order valence-electron chi connectivity index (χ1n) is 8.98. The van der Waals surface area contributed by atoms with Gasteiger partial charge in [0.05, 0.1) is 18.1 Å². The zero-order chi connectivity index (χ0) is 20.9. The van der Waals surface area contributed by atoms with Crippen LogP contribution < -0.4 is 5.32 Å². The maximum Gasteiger partial charge on any atom is 0.417 e. The summed E-state index contributed by atoms with van der Waals surface area (Å²) in [6.45, 7) is 0.545. The molecule has 0 saturated carbocycles. The number of amides is 1. The largest absolute Gasteiger partial charge is 0.417 e. The third-order valence-corrected chi connectivity index (χ3v) is 5.05. The van der Waals surface area contributed by atoms with Crippen LogP contribution in [-0.2, 0) is 6.18 Å². The van der Waals surface area contributed by atoms with Crippen molar-refractivity contribution < 1.29 is 18.0 Å². The molecule has 0 aliphatic heterocycles. The monoisotopic (exact) mass is 419 g/mol. The van der Waals surface area contributed by atoms with Gasteiger partial charge in [0.15, 0.2) is 0 Å². The highest BCUT2D eigenvalue weighted by molar-refractivity contribution is 7.98. The van der Waals surface area contributed by atoms with E-state index in [1.807, 2.05) is 6.26 Å². The molecular weight excluding hydrogens is 399 g/mol. The van der Waals surface area contributed by atoms with Crippen LogP contribution in [0.25, 0.3) is 16.8 Å². The smallest absolute Gasteiger partial charge is 0.351 e. The van der Waals surface area contributed by atoms with E-state index in [1.54, 1.807) is 46.7 Å². The van der Waals surface area contributed by atoms with Gasteiger partial charge in [-0.05, 0) is 47.8 Å². The Bertz CT molecular complexity index is 985. The molecule has 1 amide bonds. The number of aromatic nitrogens is 2. The van der Waals surface area contributed by atoms with E-state index < -0.39 is 11.7 Å². The number of hydrogen-bond donors (Lipinski definition) is 1. The molecule has 0 saturated heterocycles. The Hall–Kier alpha value is -2.74. The molecule has 152 valence electrons. The summed E-state index contributed by atoms with van der Waals surface area (Å²) in [4.78, 5) is 16.5. The van der Waals surface area contributed by atoms with Gasteiger partial charge in [-0.3, -0.25) is 9.36 Å². The van der Waals surface area contributed by atoms with Crippen LogP contribution in [0.15, 0.2) is 61.1 Å². The van der Waals surface area contributed by atoms with Crippen molar-refractivity contribution in [1.29, 1.82) is 0 Å². The van der Waals surface area contributed by atoms with Crippen LogP contribution >= 0.6 is 11.8 Å². The molecule has 0 bridgehead atoms. The lowest BCUT2D eigenvalue weighted by Crippen LogP contribution is -2.26. The van der Waals surface area contributed by atoms with Gasteiger partial charge in [-0.1, -0.05) is 30.3 Å². The van der Waals surface area contributed by atoms with Crippen LogP contribution in [-0.4, -0.2) is 34.0 Å². The fourth-order valence-electron chi connectivity index (χ4n) is 2.98. The van der Waals surface area contributed by atoms with E-state index in [2.05, 4.69) is 10.3 Å². The molecule has 1 N–H and O–H groups in total. The first-order valence-corrected chi connectivity index (χ1v) is 10.4. The molecule has 0 atom stereocenters. The number of carbonyl (C=O) groups is 1. The number of alkyl halides is 3. The van der Waals surface area contributed by atoms with Crippen molar-refractivity contribution in [3.05, 3.63) is 72.3 Å².